The molecule has 3 heterocycles. The minimum Gasteiger partial charge on any atom is -0.399 e. The third-order valence-electron chi connectivity index (χ3n) is 4.29. The number of fused-ring (bicyclic) bond motifs is 2. The molecule has 0 radical (unpaired) electrons. The van der Waals surface area contributed by atoms with E-state index in [2.05, 4.69) is 21.4 Å². The van der Waals surface area contributed by atoms with Gasteiger partial charge in [0.05, 0.1) is 10.2 Å². The van der Waals surface area contributed by atoms with Crippen LogP contribution in [0.1, 0.15) is 22.6 Å². The number of benzene rings is 1. The number of aromatic nitrogens is 3. The zero-order valence-corrected chi connectivity index (χ0v) is 14.2. The number of carbonyl (C=O) groups excluding carboxylic acids is 1. The molecule has 4 rings (SSSR count). The predicted molar refractivity (Wildman–Crippen MR) is 98.7 cm³/mol. The molecule has 9 heteroatoms. The summed E-state index contributed by atoms with van der Waals surface area (Å²) in [6, 6.07) is 7.23. The normalized spacial score (nSPS) is 14.0. The van der Waals surface area contributed by atoms with E-state index in [0.29, 0.717) is 22.8 Å². The average Bonchev–Trinajstić information content (AvgIpc) is 3.12. The maximum Gasteiger partial charge on any atom is 0.277 e. The van der Waals surface area contributed by atoms with E-state index in [1.807, 2.05) is 16.8 Å². The lowest BCUT2D eigenvalue weighted by molar-refractivity contribution is 0.102. The van der Waals surface area contributed by atoms with Crippen LogP contribution < -0.4 is 11.1 Å². The molecule has 0 unspecified atom stereocenters. The van der Waals surface area contributed by atoms with E-state index >= 15 is 0 Å². The number of hydrogen-bond acceptors (Lipinski definition) is 6. The summed E-state index contributed by atoms with van der Waals surface area (Å²) in [6.07, 6.45) is 2.40. The van der Waals surface area contributed by atoms with Gasteiger partial charge in [-0.3, -0.25) is 14.8 Å². The Hall–Kier alpha value is -2.86. The molecular weight excluding hydrogens is 335 g/mol. The summed E-state index contributed by atoms with van der Waals surface area (Å²) in [4.78, 5) is 16.9. The molecule has 1 aliphatic rings. The largest absolute Gasteiger partial charge is 0.399 e. The Morgan fingerprint density at radius 3 is 3.16 bits per heavy atom. The number of anilines is 2. The third kappa shape index (κ3) is 3.08. The van der Waals surface area contributed by atoms with Crippen LogP contribution in [-0.2, 0) is 12.9 Å². The molecule has 7 nitrogen and oxygen atoms in total. The van der Waals surface area contributed by atoms with Crippen molar-refractivity contribution in [1.82, 2.24) is 14.8 Å². The molecule has 0 bridgehead atoms. The number of rotatable bonds is 2. The lowest BCUT2D eigenvalue weighted by atomic mass is 9.46. The monoisotopic (exact) mass is 350 g/mol. The average molecular weight is 350 g/mol. The second kappa shape index (κ2) is 6.22. The van der Waals surface area contributed by atoms with Crippen molar-refractivity contribution in [2.75, 3.05) is 11.1 Å². The van der Waals surface area contributed by atoms with Gasteiger partial charge in [-0.25, -0.2) is 10.2 Å². The van der Waals surface area contributed by atoms with Crippen molar-refractivity contribution in [3.63, 3.8) is 0 Å². The van der Waals surface area contributed by atoms with Gasteiger partial charge in [-0.2, -0.15) is 5.10 Å². The van der Waals surface area contributed by atoms with Crippen LogP contribution >= 0.6 is 11.3 Å². The quantitative estimate of drug-likeness (QED) is 0.545. The first-order valence-corrected chi connectivity index (χ1v) is 8.88. The van der Waals surface area contributed by atoms with Crippen molar-refractivity contribution in [2.24, 2.45) is 0 Å². The summed E-state index contributed by atoms with van der Waals surface area (Å²) < 4.78 is 2.76. The minimum absolute atomic E-state index is 0.0106. The fourth-order valence-corrected chi connectivity index (χ4v) is 3.94. The molecule has 3 N–H and O–H groups in total. The van der Waals surface area contributed by atoms with E-state index in [9.17, 15) is 4.79 Å². The first kappa shape index (κ1) is 15.7. The van der Waals surface area contributed by atoms with Gasteiger partial charge in [0.2, 0.25) is 0 Å². The van der Waals surface area contributed by atoms with Gasteiger partial charge in [-0.1, -0.05) is 17.7 Å². The molecule has 0 atom stereocenters. The van der Waals surface area contributed by atoms with Crippen LogP contribution in [-0.4, -0.2) is 27.4 Å². The number of aryl methyl sites for hydroxylation is 1. The number of thiazole rings is 1. The van der Waals surface area contributed by atoms with Crippen molar-refractivity contribution in [3.8, 4) is 5.97 Å². The summed E-state index contributed by atoms with van der Waals surface area (Å²) in [5.41, 5.74) is 8.53. The number of nitrogens with two attached hydrogens (primary N) is 1. The van der Waals surface area contributed by atoms with Gasteiger partial charge < -0.3 is 5.73 Å². The van der Waals surface area contributed by atoms with Crippen molar-refractivity contribution in [3.05, 3.63) is 35.7 Å². The molecule has 0 aliphatic carbocycles. The summed E-state index contributed by atoms with van der Waals surface area (Å²) in [5.74, 6) is 2.03. The first-order valence-electron chi connectivity index (χ1n) is 8.06. The van der Waals surface area contributed by atoms with Gasteiger partial charge in [0.15, 0.2) is 10.8 Å². The summed E-state index contributed by atoms with van der Waals surface area (Å²) in [5, 5.41) is 16.9. The van der Waals surface area contributed by atoms with E-state index in [4.69, 9.17) is 11.0 Å². The van der Waals surface area contributed by atoms with Crippen LogP contribution in [0.3, 0.4) is 0 Å². The molecule has 0 fully saturated rings. The van der Waals surface area contributed by atoms with Gasteiger partial charge in [-0.05, 0) is 37.0 Å². The fourth-order valence-electron chi connectivity index (χ4n) is 3.03. The maximum atomic E-state index is 12.5. The van der Waals surface area contributed by atoms with Crippen LogP contribution in [0.25, 0.3) is 10.2 Å². The van der Waals surface area contributed by atoms with Crippen LogP contribution in [0.2, 0.25) is 6.32 Å². The number of nitrogens with zero attached hydrogens (tertiary/aromatic N) is 4. The first-order chi connectivity index (χ1) is 12.1. The summed E-state index contributed by atoms with van der Waals surface area (Å²) in [6.45, 7) is 0.727. The lowest BCUT2D eigenvalue weighted by Crippen LogP contribution is -2.13. The highest BCUT2D eigenvalue weighted by atomic mass is 32.1. The molecule has 25 heavy (non-hydrogen) atoms. The Kier molecular flexibility index (Phi) is 3.90. The van der Waals surface area contributed by atoms with Gasteiger partial charge in [0.25, 0.3) is 12.6 Å². The molecule has 1 aromatic carbocycles. The van der Waals surface area contributed by atoms with Crippen LogP contribution in [0.5, 0.6) is 0 Å². The minimum atomic E-state index is -0.291. The van der Waals surface area contributed by atoms with Crippen LogP contribution in [0.15, 0.2) is 24.3 Å². The third-order valence-corrected chi connectivity index (χ3v) is 5.22. The van der Waals surface area contributed by atoms with Crippen molar-refractivity contribution in [1.29, 1.82) is 5.26 Å². The highest BCUT2D eigenvalue weighted by molar-refractivity contribution is 7.22. The highest BCUT2D eigenvalue weighted by Crippen LogP contribution is 2.28. The molecule has 0 saturated carbocycles. The second-order valence-corrected chi connectivity index (χ2v) is 7.15. The van der Waals surface area contributed by atoms with Gasteiger partial charge in [0.1, 0.15) is 0 Å². The van der Waals surface area contributed by atoms with E-state index in [-0.39, 0.29) is 12.6 Å². The number of carbonyl (C=O) groups is 1. The van der Waals surface area contributed by atoms with Crippen LogP contribution in [0.4, 0.5) is 10.8 Å². The van der Waals surface area contributed by atoms with E-state index < -0.39 is 0 Å². The van der Waals surface area contributed by atoms with Gasteiger partial charge in [0, 0.05) is 23.9 Å². The Labute approximate surface area is 148 Å². The summed E-state index contributed by atoms with van der Waals surface area (Å²) in [7, 11) is 0. The SMILES string of the molecule is N#CB1CCCn2nc(C(=O)Nc3nc4ccc(N)cc4s3)cc2C1. The maximum absolute atomic E-state index is 12.5. The second-order valence-electron chi connectivity index (χ2n) is 6.12. The Bertz CT molecular complexity index is 1000. The molecule has 0 spiro atoms. The Balaban J connectivity index is 1.56. The van der Waals surface area contributed by atoms with Crippen molar-refractivity contribution < 1.29 is 4.79 Å². The summed E-state index contributed by atoms with van der Waals surface area (Å²) >= 11 is 1.38. The van der Waals surface area contributed by atoms with E-state index in [0.717, 1.165) is 35.2 Å². The van der Waals surface area contributed by atoms with Crippen molar-refractivity contribution in [2.45, 2.75) is 25.6 Å². The Morgan fingerprint density at radius 1 is 1.44 bits per heavy atom. The molecule has 1 amide bonds. The van der Waals surface area contributed by atoms with Crippen molar-refractivity contribution >= 4 is 45.0 Å². The smallest absolute Gasteiger partial charge is 0.277 e. The number of hydrogen-bond donors (Lipinski definition) is 2. The molecular formula is C16H15BN6OS. The van der Waals surface area contributed by atoms with Gasteiger partial charge in [-0.15, -0.1) is 0 Å². The standard InChI is InChI=1S/C16H15BN6OS/c18-9-17-4-1-5-23-11(8-17)7-13(22-23)15(24)21-16-20-12-3-2-10(19)6-14(12)25-16/h2-3,6-7H,1,4-5,8,19H2,(H,20,21,24). The number of nitrogens with one attached hydrogen (secondary N) is 1. The predicted octanol–water partition coefficient (Wildman–Crippen LogP) is 2.37. The Morgan fingerprint density at radius 2 is 2.32 bits per heavy atom. The molecule has 124 valence electrons. The topological polar surface area (TPSA) is 110 Å². The number of amides is 1. The van der Waals surface area contributed by atoms with E-state index in [1.54, 1.807) is 12.1 Å². The lowest BCUT2D eigenvalue weighted by Gasteiger charge is -2.00. The molecule has 1 aliphatic heterocycles. The fraction of sp³-hybridized carbons (Fsp3) is 0.250. The zero-order valence-electron chi connectivity index (χ0n) is 13.4. The molecule has 3 aromatic rings. The number of nitriles is 1. The highest BCUT2D eigenvalue weighted by Gasteiger charge is 2.23. The zero-order chi connectivity index (χ0) is 17.4. The molecule has 0 saturated heterocycles. The molecule has 2 aromatic heterocycles. The van der Waals surface area contributed by atoms with Crippen LogP contribution in [0, 0.1) is 11.2 Å². The van der Waals surface area contributed by atoms with E-state index in [1.165, 1.54) is 11.3 Å². The number of nitrogen functional groups attached to an aromatic ring is 1. The van der Waals surface area contributed by atoms with Gasteiger partial charge >= 0.3 is 0 Å².